The summed E-state index contributed by atoms with van der Waals surface area (Å²) in [7, 11) is 0. The van der Waals surface area contributed by atoms with Crippen LogP contribution >= 0.6 is 0 Å². The molecule has 0 amide bonds. The zero-order valence-electron chi connectivity index (χ0n) is 8.38. The van der Waals surface area contributed by atoms with Gasteiger partial charge in [0.2, 0.25) is 0 Å². The fourth-order valence-electron chi connectivity index (χ4n) is 3.35. The molecule has 2 saturated carbocycles. The Bertz CT molecular complexity index is 187. The Morgan fingerprint density at radius 3 is 2.50 bits per heavy atom. The van der Waals surface area contributed by atoms with E-state index in [0.29, 0.717) is 11.3 Å². The molecule has 0 aromatic carbocycles. The minimum atomic E-state index is -0.00810. The van der Waals surface area contributed by atoms with E-state index in [2.05, 4.69) is 20.8 Å². The van der Waals surface area contributed by atoms with Gasteiger partial charge >= 0.3 is 0 Å². The maximum absolute atomic E-state index is 10.0. The molecule has 4 unspecified atom stereocenters. The zero-order chi connectivity index (χ0) is 8.93. The highest BCUT2D eigenvalue weighted by Gasteiger charge is 2.62. The Balaban J connectivity index is 2.12. The number of rotatable bonds is 1. The molecule has 0 aromatic rings. The number of aliphatic hydroxyl groups is 1. The molecule has 4 atom stereocenters. The summed E-state index contributed by atoms with van der Waals surface area (Å²) in [5.74, 6) is 2.26. The molecule has 2 aliphatic carbocycles. The molecular formula is C11H20O. The van der Waals surface area contributed by atoms with E-state index in [9.17, 15) is 5.11 Å². The molecule has 2 fully saturated rings. The van der Waals surface area contributed by atoms with Crippen LogP contribution in [-0.4, -0.2) is 11.2 Å². The van der Waals surface area contributed by atoms with Crippen molar-refractivity contribution in [2.24, 2.45) is 23.2 Å². The molecule has 0 aliphatic heterocycles. The molecule has 70 valence electrons. The average molecular weight is 168 g/mol. The summed E-state index contributed by atoms with van der Waals surface area (Å²) >= 11 is 0. The van der Waals surface area contributed by atoms with Crippen LogP contribution in [0.25, 0.3) is 0 Å². The van der Waals surface area contributed by atoms with E-state index in [-0.39, 0.29) is 6.10 Å². The number of fused-ring (bicyclic) bond motifs is 1. The summed E-state index contributed by atoms with van der Waals surface area (Å²) in [6, 6.07) is 0. The molecule has 1 heteroatoms. The Kier molecular flexibility index (Phi) is 1.76. The van der Waals surface area contributed by atoms with Gasteiger partial charge in [0.25, 0.3) is 0 Å². The first-order valence-corrected chi connectivity index (χ1v) is 5.25. The van der Waals surface area contributed by atoms with Gasteiger partial charge in [0.15, 0.2) is 0 Å². The van der Waals surface area contributed by atoms with Gasteiger partial charge in [-0.05, 0) is 37.0 Å². The third-order valence-corrected chi connectivity index (χ3v) is 4.21. The van der Waals surface area contributed by atoms with E-state index in [1.165, 1.54) is 12.8 Å². The third-order valence-electron chi connectivity index (χ3n) is 4.21. The molecule has 0 saturated heterocycles. The number of hydrogen-bond donors (Lipinski definition) is 1. The highest BCUT2D eigenvalue weighted by Crippen LogP contribution is 2.66. The largest absolute Gasteiger partial charge is 0.393 e. The van der Waals surface area contributed by atoms with Gasteiger partial charge < -0.3 is 5.11 Å². The van der Waals surface area contributed by atoms with E-state index in [0.717, 1.165) is 18.3 Å². The fourth-order valence-corrected chi connectivity index (χ4v) is 3.35. The lowest BCUT2D eigenvalue weighted by atomic mass is 9.74. The van der Waals surface area contributed by atoms with Crippen LogP contribution in [0, 0.1) is 23.2 Å². The van der Waals surface area contributed by atoms with Crippen LogP contribution in [0.4, 0.5) is 0 Å². The minimum absolute atomic E-state index is 0.00810. The predicted molar refractivity (Wildman–Crippen MR) is 49.8 cm³/mol. The van der Waals surface area contributed by atoms with Gasteiger partial charge in [0.1, 0.15) is 0 Å². The van der Waals surface area contributed by atoms with Crippen molar-refractivity contribution >= 4 is 0 Å². The molecule has 12 heavy (non-hydrogen) atoms. The maximum atomic E-state index is 10.0. The van der Waals surface area contributed by atoms with Gasteiger partial charge in [-0.25, -0.2) is 0 Å². The monoisotopic (exact) mass is 168 g/mol. The quantitative estimate of drug-likeness (QED) is 0.637. The topological polar surface area (TPSA) is 20.2 Å². The van der Waals surface area contributed by atoms with Crippen LogP contribution in [-0.2, 0) is 0 Å². The molecular weight excluding hydrogens is 148 g/mol. The molecule has 0 aromatic heterocycles. The van der Waals surface area contributed by atoms with E-state index in [1.54, 1.807) is 0 Å². The van der Waals surface area contributed by atoms with Crippen LogP contribution in [0.1, 0.15) is 40.0 Å². The first-order chi connectivity index (χ1) is 5.57. The maximum Gasteiger partial charge on any atom is 0.0604 e. The van der Waals surface area contributed by atoms with E-state index in [1.807, 2.05) is 0 Å². The highest BCUT2D eigenvalue weighted by molar-refractivity contribution is 5.11. The Labute approximate surface area is 75.2 Å². The Morgan fingerprint density at radius 2 is 2.00 bits per heavy atom. The SMILES string of the molecule is CC1CC(O)C2(C(C)C)CC2C1. The van der Waals surface area contributed by atoms with Crippen molar-refractivity contribution in [3.8, 4) is 0 Å². The smallest absolute Gasteiger partial charge is 0.0604 e. The van der Waals surface area contributed by atoms with Crippen LogP contribution in [0.2, 0.25) is 0 Å². The van der Waals surface area contributed by atoms with Gasteiger partial charge in [-0.2, -0.15) is 0 Å². The molecule has 0 heterocycles. The second kappa shape index (κ2) is 2.47. The van der Waals surface area contributed by atoms with Gasteiger partial charge in [0.05, 0.1) is 6.10 Å². The lowest BCUT2D eigenvalue weighted by Gasteiger charge is -2.34. The Morgan fingerprint density at radius 1 is 1.33 bits per heavy atom. The number of aliphatic hydroxyl groups excluding tert-OH is 1. The molecule has 2 rings (SSSR count). The summed E-state index contributed by atoms with van der Waals surface area (Å²) in [6.07, 6.45) is 3.67. The summed E-state index contributed by atoms with van der Waals surface area (Å²) in [6.45, 7) is 6.80. The molecule has 1 N–H and O–H groups in total. The van der Waals surface area contributed by atoms with Crippen LogP contribution in [0.5, 0.6) is 0 Å². The first kappa shape index (κ1) is 8.55. The van der Waals surface area contributed by atoms with Gasteiger partial charge in [-0.3, -0.25) is 0 Å². The highest BCUT2D eigenvalue weighted by atomic mass is 16.3. The second-order valence-electron chi connectivity index (χ2n) is 5.26. The van der Waals surface area contributed by atoms with Gasteiger partial charge in [-0.1, -0.05) is 20.8 Å². The van der Waals surface area contributed by atoms with Crippen molar-refractivity contribution in [1.82, 2.24) is 0 Å². The molecule has 2 aliphatic rings. The summed E-state index contributed by atoms with van der Waals surface area (Å²) in [5.41, 5.74) is 0.340. The van der Waals surface area contributed by atoms with Crippen molar-refractivity contribution in [3.05, 3.63) is 0 Å². The summed E-state index contributed by atoms with van der Waals surface area (Å²) in [4.78, 5) is 0. The van der Waals surface area contributed by atoms with Crippen LogP contribution in [0.3, 0.4) is 0 Å². The van der Waals surface area contributed by atoms with Crippen molar-refractivity contribution in [3.63, 3.8) is 0 Å². The van der Waals surface area contributed by atoms with Crippen LogP contribution in [0.15, 0.2) is 0 Å². The molecule has 0 bridgehead atoms. The van der Waals surface area contributed by atoms with E-state index in [4.69, 9.17) is 0 Å². The lowest BCUT2D eigenvalue weighted by molar-refractivity contribution is 0.0101. The van der Waals surface area contributed by atoms with Crippen molar-refractivity contribution < 1.29 is 5.11 Å². The average Bonchev–Trinajstić information content (AvgIpc) is 2.62. The third kappa shape index (κ3) is 0.953. The van der Waals surface area contributed by atoms with Gasteiger partial charge in [-0.15, -0.1) is 0 Å². The van der Waals surface area contributed by atoms with E-state index < -0.39 is 0 Å². The van der Waals surface area contributed by atoms with Crippen molar-refractivity contribution in [2.75, 3.05) is 0 Å². The van der Waals surface area contributed by atoms with Crippen LogP contribution < -0.4 is 0 Å². The van der Waals surface area contributed by atoms with Gasteiger partial charge in [0, 0.05) is 5.41 Å². The van der Waals surface area contributed by atoms with Crippen molar-refractivity contribution in [1.29, 1.82) is 0 Å². The minimum Gasteiger partial charge on any atom is -0.393 e. The lowest BCUT2D eigenvalue weighted by Crippen LogP contribution is -2.34. The summed E-state index contributed by atoms with van der Waals surface area (Å²) in [5, 5.41) is 10.0. The standard InChI is InChI=1S/C11H20O/c1-7(2)11-6-9(11)4-8(3)5-10(11)12/h7-10,12H,4-6H2,1-3H3. The van der Waals surface area contributed by atoms with Crippen molar-refractivity contribution in [2.45, 2.75) is 46.1 Å². The zero-order valence-corrected chi connectivity index (χ0v) is 8.38. The Hall–Kier alpha value is -0.0400. The fraction of sp³-hybridized carbons (Fsp3) is 1.00. The predicted octanol–water partition coefficient (Wildman–Crippen LogP) is 2.44. The molecule has 0 radical (unpaired) electrons. The second-order valence-corrected chi connectivity index (χ2v) is 5.26. The number of hydrogen-bond acceptors (Lipinski definition) is 1. The summed E-state index contributed by atoms with van der Waals surface area (Å²) < 4.78 is 0. The molecule has 0 spiro atoms. The van der Waals surface area contributed by atoms with E-state index >= 15 is 0 Å². The first-order valence-electron chi connectivity index (χ1n) is 5.25. The molecule has 1 nitrogen and oxygen atoms in total. The normalized spacial score (nSPS) is 52.2.